The van der Waals surface area contributed by atoms with Gasteiger partial charge in [-0.2, -0.15) is 0 Å². The van der Waals surface area contributed by atoms with Crippen molar-refractivity contribution in [3.05, 3.63) is 29.8 Å². The molecule has 0 amide bonds. The van der Waals surface area contributed by atoms with E-state index >= 15 is 0 Å². The molecule has 1 saturated carbocycles. The number of anilines is 1. The van der Waals surface area contributed by atoms with Gasteiger partial charge in [-0.15, -0.1) is 0 Å². The summed E-state index contributed by atoms with van der Waals surface area (Å²) in [5.41, 5.74) is 1.84. The van der Waals surface area contributed by atoms with Crippen LogP contribution in [0.15, 0.2) is 29.3 Å². The average Bonchev–Trinajstić information content (AvgIpc) is 2.67. The fourth-order valence-electron chi connectivity index (χ4n) is 5.01. The Labute approximate surface area is 190 Å². The highest BCUT2D eigenvalue weighted by atomic mass is 16.5. The Bertz CT molecular complexity index is 763. The van der Waals surface area contributed by atoms with Gasteiger partial charge in [0.1, 0.15) is 18.0 Å². The van der Waals surface area contributed by atoms with Crippen LogP contribution in [0.5, 0.6) is 0 Å². The SMILES string of the molecule is CCC(=NC)N(c1ccccc1C)[C@@H](C(=O)O[C@@H]1C[C@H](C)CC[C@H]1C(C)C)C(C)(C)C. The van der Waals surface area contributed by atoms with Crippen LogP contribution in [0.3, 0.4) is 0 Å². The third-order valence-electron chi connectivity index (χ3n) is 6.76. The molecular formula is C27H44N2O2. The molecule has 1 fully saturated rings. The first-order valence-electron chi connectivity index (χ1n) is 12.0. The van der Waals surface area contributed by atoms with Crippen molar-refractivity contribution in [3.8, 4) is 0 Å². The van der Waals surface area contributed by atoms with E-state index in [4.69, 9.17) is 4.74 Å². The number of hydrogen-bond donors (Lipinski definition) is 0. The maximum absolute atomic E-state index is 13.9. The molecule has 1 aromatic rings. The lowest BCUT2D eigenvalue weighted by molar-refractivity contribution is -0.160. The molecule has 0 aromatic heterocycles. The summed E-state index contributed by atoms with van der Waals surface area (Å²) in [6, 6.07) is 7.79. The number of carbonyl (C=O) groups excluding carboxylic acids is 1. The second-order valence-corrected chi connectivity index (χ2v) is 10.7. The molecule has 174 valence electrons. The van der Waals surface area contributed by atoms with Gasteiger partial charge in [0, 0.05) is 19.2 Å². The van der Waals surface area contributed by atoms with E-state index in [1.165, 1.54) is 6.42 Å². The normalized spacial score (nSPS) is 23.5. The van der Waals surface area contributed by atoms with Gasteiger partial charge in [-0.3, -0.25) is 4.99 Å². The van der Waals surface area contributed by atoms with E-state index in [1.54, 1.807) is 0 Å². The molecule has 0 N–H and O–H groups in total. The minimum Gasteiger partial charge on any atom is -0.461 e. The van der Waals surface area contributed by atoms with E-state index < -0.39 is 6.04 Å². The van der Waals surface area contributed by atoms with Crippen LogP contribution in [-0.2, 0) is 9.53 Å². The van der Waals surface area contributed by atoms with E-state index in [2.05, 4.69) is 77.4 Å². The van der Waals surface area contributed by atoms with Crippen LogP contribution < -0.4 is 4.90 Å². The second kappa shape index (κ2) is 10.7. The van der Waals surface area contributed by atoms with Gasteiger partial charge in [0.15, 0.2) is 0 Å². The first-order chi connectivity index (χ1) is 14.5. The number of hydrogen-bond acceptors (Lipinski definition) is 3. The van der Waals surface area contributed by atoms with Crippen LogP contribution >= 0.6 is 0 Å². The minimum atomic E-state index is -0.447. The predicted octanol–water partition coefficient (Wildman–Crippen LogP) is 6.66. The van der Waals surface area contributed by atoms with E-state index in [9.17, 15) is 4.79 Å². The molecule has 0 unspecified atom stereocenters. The Morgan fingerprint density at radius 2 is 1.87 bits per heavy atom. The second-order valence-electron chi connectivity index (χ2n) is 10.7. The number of nitrogens with zero attached hydrogens (tertiary/aromatic N) is 2. The van der Waals surface area contributed by atoms with Crippen LogP contribution in [0, 0.1) is 30.1 Å². The predicted molar refractivity (Wildman–Crippen MR) is 132 cm³/mol. The zero-order chi connectivity index (χ0) is 23.3. The molecule has 1 aliphatic rings. The maximum atomic E-state index is 13.9. The summed E-state index contributed by atoms with van der Waals surface area (Å²) in [6.07, 6.45) is 4.05. The Hall–Kier alpha value is -1.84. The van der Waals surface area contributed by atoms with Crippen molar-refractivity contribution in [2.24, 2.45) is 28.2 Å². The summed E-state index contributed by atoms with van der Waals surface area (Å²) >= 11 is 0. The van der Waals surface area contributed by atoms with Gasteiger partial charge in [-0.25, -0.2) is 4.79 Å². The Morgan fingerprint density at radius 3 is 2.39 bits per heavy atom. The van der Waals surface area contributed by atoms with Crippen LogP contribution in [0.4, 0.5) is 5.69 Å². The lowest BCUT2D eigenvalue weighted by Crippen LogP contribution is -2.54. The lowest BCUT2D eigenvalue weighted by atomic mass is 9.75. The molecule has 4 heteroatoms. The minimum absolute atomic E-state index is 0.0107. The number of esters is 1. The number of para-hydroxylation sites is 1. The average molecular weight is 429 g/mol. The van der Waals surface area contributed by atoms with Gasteiger partial charge in [0.25, 0.3) is 0 Å². The number of ether oxygens (including phenoxy) is 1. The summed E-state index contributed by atoms with van der Waals surface area (Å²) in [4.78, 5) is 20.6. The third-order valence-corrected chi connectivity index (χ3v) is 6.76. The van der Waals surface area contributed by atoms with Gasteiger partial charge in [-0.05, 0) is 54.6 Å². The highest BCUT2D eigenvalue weighted by molar-refractivity contribution is 6.03. The fraction of sp³-hybridized carbons (Fsp3) is 0.704. The molecule has 1 aliphatic carbocycles. The van der Waals surface area contributed by atoms with Crippen LogP contribution in [0.25, 0.3) is 0 Å². The first kappa shape index (κ1) is 25.4. The standard InChI is InChI=1S/C27H44N2O2/c1-10-24(28-9)29(22-14-12-11-13-20(22)5)25(27(6,7)8)26(30)31-23-17-19(4)15-16-21(23)18(2)3/h11-14,18-19,21,23,25H,10,15-17H2,1-9H3/t19-,21+,23-,25+/m1/s1. The van der Waals surface area contributed by atoms with Crippen molar-refractivity contribution in [3.63, 3.8) is 0 Å². The third kappa shape index (κ3) is 6.11. The van der Waals surface area contributed by atoms with E-state index in [0.717, 1.165) is 36.3 Å². The largest absolute Gasteiger partial charge is 0.461 e. The monoisotopic (exact) mass is 428 g/mol. The lowest BCUT2D eigenvalue weighted by Gasteiger charge is -2.43. The molecule has 0 radical (unpaired) electrons. The number of benzene rings is 1. The van der Waals surface area contributed by atoms with Crippen molar-refractivity contribution in [2.45, 2.75) is 93.2 Å². The first-order valence-corrected chi connectivity index (χ1v) is 12.0. The molecule has 0 bridgehead atoms. The molecule has 0 saturated heterocycles. The molecular weight excluding hydrogens is 384 g/mol. The number of carbonyl (C=O) groups is 1. The van der Waals surface area contributed by atoms with Crippen LogP contribution in [0.2, 0.25) is 0 Å². The maximum Gasteiger partial charge on any atom is 0.330 e. The van der Waals surface area contributed by atoms with Crippen molar-refractivity contribution in [2.75, 3.05) is 11.9 Å². The topological polar surface area (TPSA) is 41.9 Å². The zero-order valence-electron chi connectivity index (χ0n) is 21.2. The summed E-state index contributed by atoms with van der Waals surface area (Å²) in [6.45, 7) is 17.3. The summed E-state index contributed by atoms with van der Waals surface area (Å²) in [5, 5.41) is 0. The summed E-state index contributed by atoms with van der Waals surface area (Å²) in [5.74, 6) is 2.31. The quantitative estimate of drug-likeness (QED) is 0.289. The van der Waals surface area contributed by atoms with Gasteiger partial charge in [0.05, 0.1) is 0 Å². The molecule has 0 spiro atoms. The molecule has 0 heterocycles. The molecule has 4 atom stereocenters. The number of aryl methyl sites for hydroxylation is 1. The zero-order valence-corrected chi connectivity index (χ0v) is 21.2. The number of rotatable bonds is 6. The molecule has 2 rings (SSSR count). The van der Waals surface area contributed by atoms with Gasteiger partial charge in [0.2, 0.25) is 0 Å². The molecule has 31 heavy (non-hydrogen) atoms. The fourth-order valence-corrected chi connectivity index (χ4v) is 5.01. The van der Waals surface area contributed by atoms with Crippen molar-refractivity contribution >= 4 is 17.5 Å². The van der Waals surface area contributed by atoms with Gasteiger partial charge in [-0.1, -0.05) is 73.1 Å². The van der Waals surface area contributed by atoms with Crippen LogP contribution in [-0.4, -0.2) is 31.0 Å². The van der Waals surface area contributed by atoms with Crippen molar-refractivity contribution in [1.29, 1.82) is 0 Å². The molecule has 0 aliphatic heterocycles. The van der Waals surface area contributed by atoms with E-state index in [0.29, 0.717) is 17.8 Å². The smallest absolute Gasteiger partial charge is 0.330 e. The molecule has 4 nitrogen and oxygen atoms in total. The Morgan fingerprint density at radius 1 is 1.23 bits per heavy atom. The molecule has 1 aromatic carbocycles. The van der Waals surface area contributed by atoms with Gasteiger partial charge < -0.3 is 9.64 Å². The van der Waals surface area contributed by atoms with Crippen molar-refractivity contribution in [1.82, 2.24) is 0 Å². The Balaban J connectivity index is 2.48. The highest BCUT2D eigenvalue weighted by Gasteiger charge is 2.43. The summed E-state index contributed by atoms with van der Waals surface area (Å²) < 4.78 is 6.37. The number of amidine groups is 1. The Kier molecular flexibility index (Phi) is 8.73. The van der Waals surface area contributed by atoms with Crippen molar-refractivity contribution < 1.29 is 9.53 Å². The van der Waals surface area contributed by atoms with Gasteiger partial charge >= 0.3 is 5.97 Å². The summed E-state index contributed by atoms with van der Waals surface area (Å²) in [7, 11) is 1.81. The van der Waals surface area contributed by atoms with Crippen LogP contribution in [0.1, 0.15) is 79.7 Å². The highest BCUT2D eigenvalue weighted by Crippen LogP contribution is 2.38. The number of aliphatic imine (C=N–C) groups is 1. The van der Waals surface area contributed by atoms with E-state index in [1.807, 2.05) is 19.2 Å². The van der Waals surface area contributed by atoms with E-state index in [-0.39, 0.29) is 17.5 Å².